The number of anilines is 1. The number of nitrogens with one attached hydrogen (secondary N) is 2. The van der Waals surface area contributed by atoms with Crippen molar-refractivity contribution in [1.82, 2.24) is 5.32 Å². The molecule has 1 aromatic rings. The van der Waals surface area contributed by atoms with Crippen molar-refractivity contribution in [3.05, 3.63) is 29.8 Å². The summed E-state index contributed by atoms with van der Waals surface area (Å²) in [6.07, 6.45) is 2.94. The minimum atomic E-state index is -0.940. The SMILES string of the molecule is O=C(Nc1ccc(F)c(F)c1)[C@@H]1CC12CCNCC2. The average Bonchev–Trinajstić information content (AvgIpc) is 3.08. The van der Waals surface area contributed by atoms with Gasteiger partial charge in [0, 0.05) is 17.7 Å². The van der Waals surface area contributed by atoms with E-state index in [2.05, 4.69) is 10.6 Å². The topological polar surface area (TPSA) is 41.1 Å². The van der Waals surface area contributed by atoms with Gasteiger partial charge in [-0.3, -0.25) is 4.79 Å². The monoisotopic (exact) mass is 266 g/mol. The first-order chi connectivity index (χ1) is 9.11. The molecule has 1 spiro atoms. The smallest absolute Gasteiger partial charge is 0.228 e. The highest BCUT2D eigenvalue weighted by Crippen LogP contribution is 2.58. The highest BCUT2D eigenvalue weighted by atomic mass is 19.2. The van der Waals surface area contributed by atoms with Crippen molar-refractivity contribution in [1.29, 1.82) is 0 Å². The maximum Gasteiger partial charge on any atom is 0.228 e. The van der Waals surface area contributed by atoms with Gasteiger partial charge in [-0.05, 0) is 49.9 Å². The molecule has 3 rings (SSSR count). The Balaban J connectivity index is 1.64. The highest BCUT2D eigenvalue weighted by Gasteiger charge is 2.57. The van der Waals surface area contributed by atoms with Crippen LogP contribution in [0.4, 0.5) is 14.5 Å². The Morgan fingerprint density at radius 1 is 1.26 bits per heavy atom. The number of hydrogen-bond acceptors (Lipinski definition) is 2. The molecule has 1 aliphatic carbocycles. The highest BCUT2D eigenvalue weighted by molar-refractivity contribution is 5.95. The Hall–Kier alpha value is -1.49. The molecule has 0 unspecified atom stereocenters. The van der Waals surface area contributed by atoms with Gasteiger partial charge in [0.05, 0.1) is 0 Å². The standard InChI is InChI=1S/C14H16F2N2O/c15-11-2-1-9(7-12(11)16)18-13(19)10-8-14(10)3-5-17-6-4-14/h1-2,7,10,17H,3-6,8H2,(H,18,19)/t10-/m0/s1. The number of amides is 1. The lowest BCUT2D eigenvalue weighted by Crippen LogP contribution is -2.31. The second-order valence-corrected chi connectivity index (χ2v) is 5.49. The summed E-state index contributed by atoms with van der Waals surface area (Å²) in [4.78, 5) is 12.1. The number of carbonyl (C=O) groups is 1. The van der Waals surface area contributed by atoms with Gasteiger partial charge in [-0.15, -0.1) is 0 Å². The van der Waals surface area contributed by atoms with Gasteiger partial charge >= 0.3 is 0 Å². The summed E-state index contributed by atoms with van der Waals surface area (Å²) in [7, 11) is 0. The van der Waals surface area contributed by atoms with Gasteiger partial charge in [-0.2, -0.15) is 0 Å². The first-order valence-electron chi connectivity index (χ1n) is 6.57. The molecule has 2 N–H and O–H groups in total. The average molecular weight is 266 g/mol. The number of benzene rings is 1. The molecular formula is C14H16F2N2O. The van der Waals surface area contributed by atoms with Crippen molar-refractivity contribution in [3.8, 4) is 0 Å². The molecule has 19 heavy (non-hydrogen) atoms. The van der Waals surface area contributed by atoms with Crippen LogP contribution in [0.3, 0.4) is 0 Å². The third-order valence-corrected chi connectivity index (χ3v) is 4.29. The van der Waals surface area contributed by atoms with Crippen LogP contribution in [0.1, 0.15) is 19.3 Å². The summed E-state index contributed by atoms with van der Waals surface area (Å²) in [5, 5.41) is 5.96. The zero-order valence-electron chi connectivity index (χ0n) is 10.5. The van der Waals surface area contributed by atoms with E-state index in [1.807, 2.05) is 0 Å². The number of rotatable bonds is 2. The Morgan fingerprint density at radius 2 is 2.00 bits per heavy atom. The van der Waals surface area contributed by atoms with Crippen LogP contribution in [0.5, 0.6) is 0 Å². The molecule has 1 heterocycles. The van der Waals surface area contributed by atoms with E-state index < -0.39 is 11.6 Å². The van der Waals surface area contributed by atoms with Crippen LogP contribution in [0.2, 0.25) is 0 Å². The van der Waals surface area contributed by atoms with E-state index in [9.17, 15) is 13.6 Å². The molecule has 0 radical (unpaired) electrons. The zero-order chi connectivity index (χ0) is 13.5. The normalized spacial score (nSPS) is 24.2. The number of piperidine rings is 1. The molecule has 1 saturated carbocycles. The van der Waals surface area contributed by atoms with Crippen molar-refractivity contribution in [2.75, 3.05) is 18.4 Å². The molecule has 1 saturated heterocycles. The predicted octanol–water partition coefficient (Wildman–Crippen LogP) is 2.29. The molecule has 0 bridgehead atoms. The summed E-state index contributed by atoms with van der Waals surface area (Å²) >= 11 is 0. The molecule has 2 aliphatic rings. The lowest BCUT2D eigenvalue weighted by atomic mass is 9.92. The largest absolute Gasteiger partial charge is 0.326 e. The van der Waals surface area contributed by atoms with Crippen molar-refractivity contribution < 1.29 is 13.6 Å². The first-order valence-corrected chi connectivity index (χ1v) is 6.57. The zero-order valence-corrected chi connectivity index (χ0v) is 10.5. The lowest BCUT2D eigenvalue weighted by Gasteiger charge is -2.23. The lowest BCUT2D eigenvalue weighted by molar-refractivity contribution is -0.118. The Labute approximate surface area is 110 Å². The van der Waals surface area contributed by atoms with Crippen LogP contribution in [-0.4, -0.2) is 19.0 Å². The third kappa shape index (κ3) is 2.34. The van der Waals surface area contributed by atoms with Crippen LogP contribution < -0.4 is 10.6 Å². The second-order valence-electron chi connectivity index (χ2n) is 5.49. The molecule has 1 aliphatic heterocycles. The van der Waals surface area contributed by atoms with Crippen LogP contribution >= 0.6 is 0 Å². The Kier molecular flexibility index (Phi) is 3.01. The minimum Gasteiger partial charge on any atom is -0.326 e. The van der Waals surface area contributed by atoms with Gasteiger partial charge in [-0.25, -0.2) is 8.78 Å². The Morgan fingerprint density at radius 3 is 2.68 bits per heavy atom. The molecule has 1 aromatic carbocycles. The molecule has 3 nitrogen and oxygen atoms in total. The summed E-state index contributed by atoms with van der Waals surface area (Å²) in [5.74, 6) is -1.90. The van der Waals surface area contributed by atoms with E-state index in [4.69, 9.17) is 0 Å². The molecule has 1 atom stereocenters. The third-order valence-electron chi connectivity index (χ3n) is 4.29. The van der Waals surface area contributed by atoms with E-state index >= 15 is 0 Å². The number of hydrogen-bond donors (Lipinski definition) is 2. The van der Waals surface area contributed by atoms with E-state index in [1.165, 1.54) is 6.07 Å². The summed E-state index contributed by atoms with van der Waals surface area (Å²) in [5.41, 5.74) is 0.466. The van der Waals surface area contributed by atoms with E-state index in [0.717, 1.165) is 44.5 Å². The van der Waals surface area contributed by atoms with Crippen molar-refractivity contribution in [2.45, 2.75) is 19.3 Å². The molecule has 2 fully saturated rings. The molecule has 5 heteroatoms. The van der Waals surface area contributed by atoms with Gasteiger partial charge < -0.3 is 10.6 Å². The van der Waals surface area contributed by atoms with Crippen molar-refractivity contribution in [2.24, 2.45) is 11.3 Å². The van der Waals surface area contributed by atoms with Gasteiger partial charge in [0.25, 0.3) is 0 Å². The number of carbonyl (C=O) groups excluding carboxylic acids is 1. The first kappa shape index (κ1) is 12.5. The molecular weight excluding hydrogens is 250 g/mol. The van der Waals surface area contributed by atoms with Crippen LogP contribution in [0.15, 0.2) is 18.2 Å². The quantitative estimate of drug-likeness (QED) is 0.862. The summed E-state index contributed by atoms with van der Waals surface area (Å²) < 4.78 is 25.9. The number of halogens is 2. The molecule has 1 amide bonds. The van der Waals surface area contributed by atoms with E-state index in [1.54, 1.807) is 0 Å². The van der Waals surface area contributed by atoms with E-state index in [-0.39, 0.29) is 17.2 Å². The fraction of sp³-hybridized carbons (Fsp3) is 0.500. The second kappa shape index (κ2) is 4.56. The maximum absolute atomic E-state index is 13.1. The van der Waals surface area contributed by atoms with Gasteiger partial charge in [0.1, 0.15) is 0 Å². The van der Waals surface area contributed by atoms with E-state index in [0.29, 0.717) is 5.69 Å². The summed E-state index contributed by atoms with van der Waals surface area (Å²) in [6, 6.07) is 3.43. The fourth-order valence-corrected chi connectivity index (χ4v) is 3.00. The van der Waals surface area contributed by atoms with Crippen LogP contribution in [0, 0.1) is 23.0 Å². The minimum absolute atomic E-state index is 0.0164. The van der Waals surface area contributed by atoms with Gasteiger partial charge in [-0.1, -0.05) is 0 Å². The predicted molar refractivity (Wildman–Crippen MR) is 67.6 cm³/mol. The van der Waals surface area contributed by atoms with Crippen molar-refractivity contribution >= 4 is 11.6 Å². The van der Waals surface area contributed by atoms with Crippen LogP contribution in [0.25, 0.3) is 0 Å². The summed E-state index contributed by atoms with van der Waals surface area (Å²) in [6.45, 7) is 1.91. The fourth-order valence-electron chi connectivity index (χ4n) is 3.00. The molecule has 102 valence electrons. The Bertz CT molecular complexity index is 512. The van der Waals surface area contributed by atoms with Gasteiger partial charge in [0.15, 0.2) is 11.6 Å². The van der Waals surface area contributed by atoms with Crippen molar-refractivity contribution in [3.63, 3.8) is 0 Å². The maximum atomic E-state index is 13.1. The van der Waals surface area contributed by atoms with Crippen LogP contribution in [-0.2, 0) is 4.79 Å². The van der Waals surface area contributed by atoms with Gasteiger partial charge in [0.2, 0.25) is 5.91 Å². The molecule has 0 aromatic heterocycles.